The van der Waals surface area contributed by atoms with Gasteiger partial charge in [0.2, 0.25) is 5.91 Å². The number of halogens is 3. The van der Waals surface area contributed by atoms with Crippen molar-refractivity contribution < 1.29 is 18.0 Å². The molecule has 0 radical (unpaired) electrons. The second-order valence-corrected chi connectivity index (χ2v) is 4.46. The largest absolute Gasteiger partial charge is 0.416 e. The fourth-order valence-corrected chi connectivity index (χ4v) is 1.60. The number of benzene rings is 1. The van der Waals surface area contributed by atoms with Crippen LogP contribution in [0, 0.1) is 0 Å². The van der Waals surface area contributed by atoms with Gasteiger partial charge in [-0.05, 0) is 24.1 Å². The minimum Gasteiger partial charge on any atom is -0.346 e. The third kappa shape index (κ3) is 4.55. The topological polar surface area (TPSA) is 46.3 Å². The molecule has 1 rings (SSSR count). The molecule has 1 unspecified atom stereocenters. The van der Waals surface area contributed by atoms with Gasteiger partial charge in [-0.1, -0.05) is 12.1 Å². The summed E-state index contributed by atoms with van der Waals surface area (Å²) in [6, 6.07) is 4.44. The van der Waals surface area contributed by atoms with E-state index >= 15 is 0 Å². The summed E-state index contributed by atoms with van der Waals surface area (Å²) in [4.78, 5) is 12.5. The molecular formula is C13H17F3N2O. The van der Waals surface area contributed by atoms with Crippen LogP contribution in [0.4, 0.5) is 13.2 Å². The van der Waals surface area contributed by atoms with Crippen molar-refractivity contribution in [2.75, 3.05) is 13.6 Å². The van der Waals surface area contributed by atoms with Gasteiger partial charge in [-0.15, -0.1) is 0 Å². The van der Waals surface area contributed by atoms with Crippen molar-refractivity contribution in [3.63, 3.8) is 0 Å². The molecule has 6 heteroatoms. The van der Waals surface area contributed by atoms with Crippen LogP contribution in [0.15, 0.2) is 24.3 Å². The average molecular weight is 274 g/mol. The Morgan fingerprint density at radius 3 is 2.58 bits per heavy atom. The third-order valence-corrected chi connectivity index (χ3v) is 2.96. The minimum atomic E-state index is -4.37. The minimum absolute atomic E-state index is 0.101. The van der Waals surface area contributed by atoms with E-state index in [1.807, 2.05) is 0 Å². The van der Waals surface area contributed by atoms with E-state index in [9.17, 15) is 18.0 Å². The van der Waals surface area contributed by atoms with Gasteiger partial charge in [0.25, 0.3) is 0 Å². The quantitative estimate of drug-likeness (QED) is 0.917. The Labute approximate surface area is 110 Å². The fourth-order valence-electron chi connectivity index (χ4n) is 1.60. The second kappa shape index (κ2) is 6.06. The lowest BCUT2D eigenvalue weighted by Gasteiger charge is -2.19. The smallest absolute Gasteiger partial charge is 0.346 e. The summed E-state index contributed by atoms with van der Waals surface area (Å²) >= 11 is 0. The molecule has 0 saturated heterocycles. The van der Waals surface area contributed by atoms with Crippen LogP contribution in [0.3, 0.4) is 0 Å². The SMILES string of the molecule is CC(=O)N(C)CCC(N)c1cccc(C(F)(F)F)c1. The number of rotatable bonds is 4. The Bertz CT molecular complexity index is 446. The van der Waals surface area contributed by atoms with Crippen molar-refractivity contribution in [3.8, 4) is 0 Å². The molecule has 0 aliphatic rings. The molecule has 0 heterocycles. The highest BCUT2D eigenvalue weighted by molar-refractivity contribution is 5.72. The summed E-state index contributed by atoms with van der Waals surface area (Å²) < 4.78 is 37.7. The molecule has 0 bridgehead atoms. The second-order valence-electron chi connectivity index (χ2n) is 4.46. The van der Waals surface area contributed by atoms with Crippen molar-refractivity contribution in [1.82, 2.24) is 4.90 Å². The Morgan fingerprint density at radius 1 is 1.42 bits per heavy atom. The summed E-state index contributed by atoms with van der Waals surface area (Å²) in [5.74, 6) is -0.101. The maximum Gasteiger partial charge on any atom is 0.416 e. The van der Waals surface area contributed by atoms with E-state index in [1.54, 1.807) is 13.1 Å². The molecule has 0 fully saturated rings. The highest BCUT2D eigenvalue weighted by Crippen LogP contribution is 2.30. The zero-order valence-electron chi connectivity index (χ0n) is 10.9. The molecule has 1 atom stereocenters. The number of hydrogen-bond donors (Lipinski definition) is 1. The monoisotopic (exact) mass is 274 g/mol. The molecule has 106 valence electrons. The molecule has 1 amide bonds. The van der Waals surface area contributed by atoms with E-state index in [0.29, 0.717) is 18.5 Å². The van der Waals surface area contributed by atoms with Gasteiger partial charge in [0, 0.05) is 26.6 Å². The Morgan fingerprint density at radius 2 is 2.05 bits per heavy atom. The van der Waals surface area contributed by atoms with Crippen LogP contribution in [-0.2, 0) is 11.0 Å². The van der Waals surface area contributed by atoms with Crippen LogP contribution in [0.25, 0.3) is 0 Å². The van der Waals surface area contributed by atoms with E-state index in [2.05, 4.69) is 0 Å². The first-order valence-electron chi connectivity index (χ1n) is 5.86. The van der Waals surface area contributed by atoms with E-state index in [1.165, 1.54) is 17.9 Å². The lowest BCUT2D eigenvalue weighted by Crippen LogP contribution is -2.27. The standard InChI is InChI=1S/C13H17F3N2O/c1-9(19)18(2)7-6-12(17)10-4-3-5-11(8-10)13(14,15)16/h3-5,8,12H,6-7,17H2,1-2H3. The predicted octanol–water partition coefficient (Wildman–Crippen LogP) is 2.57. The zero-order chi connectivity index (χ0) is 14.6. The Balaban J connectivity index is 2.72. The van der Waals surface area contributed by atoms with Crippen molar-refractivity contribution >= 4 is 5.91 Å². The first-order valence-corrected chi connectivity index (χ1v) is 5.86. The van der Waals surface area contributed by atoms with Crippen molar-refractivity contribution in [2.24, 2.45) is 5.73 Å². The maximum atomic E-state index is 12.6. The molecule has 0 saturated carbocycles. The molecule has 0 aromatic heterocycles. The summed E-state index contributed by atoms with van der Waals surface area (Å²) in [6.07, 6.45) is -3.96. The molecule has 0 spiro atoms. The summed E-state index contributed by atoms with van der Waals surface area (Å²) in [6.45, 7) is 1.84. The van der Waals surface area contributed by atoms with Gasteiger partial charge in [-0.3, -0.25) is 4.79 Å². The Kier molecular flexibility index (Phi) is 4.94. The number of carbonyl (C=O) groups is 1. The summed E-state index contributed by atoms with van der Waals surface area (Å²) in [7, 11) is 1.63. The van der Waals surface area contributed by atoms with E-state index < -0.39 is 17.8 Å². The van der Waals surface area contributed by atoms with Crippen LogP contribution in [0.1, 0.15) is 30.5 Å². The molecule has 1 aromatic rings. The van der Waals surface area contributed by atoms with Gasteiger partial charge in [-0.2, -0.15) is 13.2 Å². The van der Waals surface area contributed by atoms with Crippen LogP contribution >= 0.6 is 0 Å². The highest BCUT2D eigenvalue weighted by atomic mass is 19.4. The molecule has 19 heavy (non-hydrogen) atoms. The van der Waals surface area contributed by atoms with Gasteiger partial charge in [-0.25, -0.2) is 0 Å². The van der Waals surface area contributed by atoms with Gasteiger partial charge < -0.3 is 10.6 Å². The number of carbonyl (C=O) groups excluding carboxylic acids is 1. The Hall–Kier alpha value is -1.56. The normalized spacial score (nSPS) is 13.2. The number of hydrogen-bond acceptors (Lipinski definition) is 2. The lowest BCUT2D eigenvalue weighted by atomic mass is 10.0. The fraction of sp³-hybridized carbons (Fsp3) is 0.462. The van der Waals surface area contributed by atoms with Gasteiger partial charge in [0.15, 0.2) is 0 Å². The number of amides is 1. The van der Waals surface area contributed by atoms with E-state index in [-0.39, 0.29) is 5.91 Å². The van der Waals surface area contributed by atoms with Crippen LogP contribution < -0.4 is 5.73 Å². The van der Waals surface area contributed by atoms with E-state index in [0.717, 1.165) is 12.1 Å². The van der Waals surface area contributed by atoms with Crippen LogP contribution in [0.2, 0.25) is 0 Å². The maximum absolute atomic E-state index is 12.6. The molecule has 1 aromatic carbocycles. The van der Waals surface area contributed by atoms with Crippen molar-refractivity contribution in [3.05, 3.63) is 35.4 Å². The van der Waals surface area contributed by atoms with Gasteiger partial charge in [0.1, 0.15) is 0 Å². The molecule has 0 aliphatic heterocycles. The lowest BCUT2D eigenvalue weighted by molar-refractivity contribution is -0.137. The van der Waals surface area contributed by atoms with Gasteiger partial charge in [0.05, 0.1) is 5.56 Å². The molecule has 3 nitrogen and oxygen atoms in total. The third-order valence-electron chi connectivity index (χ3n) is 2.96. The zero-order valence-corrected chi connectivity index (χ0v) is 10.9. The van der Waals surface area contributed by atoms with E-state index in [4.69, 9.17) is 5.73 Å². The number of alkyl halides is 3. The number of nitrogens with two attached hydrogens (primary N) is 1. The van der Waals surface area contributed by atoms with Crippen molar-refractivity contribution in [2.45, 2.75) is 25.6 Å². The summed E-state index contributed by atoms with van der Waals surface area (Å²) in [5.41, 5.74) is 5.57. The predicted molar refractivity (Wildman–Crippen MR) is 66.3 cm³/mol. The highest BCUT2D eigenvalue weighted by Gasteiger charge is 2.30. The molecular weight excluding hydrogens is 257 g/mol. The van der Waals surface area contributed by atoms with Crippen LogP contribution in [0.5, 0.6) is 0 Å². The average Bonchev–Trinajstić information content (AvgIpc) is 2.34. The number of nitrogens with zero attached hydrogens (tertiary/aromatic N) is 1. The summed E-state index contributed by atoms with van der Waals surface area (Å²) in [5, 5.41) is 0. The molecule has 2 N–H and O–H groups in total. The van der Waals surface area contributed by atoms with Crippen LogP contribution in [-0.4, -0.2) is 24.4 Å². The first kappa shape index (κ1) is 15.5. The van der Waals surface area contributed by atoms with Gasteiger partial charge >= 0.3 is 6.18 Å². The molecule has 0 aliphatic carbocycles. The first-order chi connectivity index (χ1) is 8.71. The van der Waals surface area contributed by atoms with Crippen molar-refractivity contribution in [1.29, 1.82) is 0 Å².